The molecule has 3 N–H and O–H groups in total. The fourth-order valence-electron chi connectivity index (χ4n) is 4.99. The van der Waals surface area contributed by atoms with E-state index in [4.69, 9.17) is 14.2 Å². The number of nitrogens with zero attached hydrogens (tertiary/aromatic N) is 2. The van der Waals surface area contributed by atoms with Gasteiger partial charge in [0, 0.05) is 31.8 Å². The number of amides is 3. The van der Waals surface area contributed by atoms with Gasteiger partial charge in [0.1, 0.15) is 17.7 Å². The van der Waals surface area contributed by atoms with Crippen LogP contribution in [0.1, 0.15) is 45.1 Å². The van der Waals surface area contributed by atoms with Crippen molar-refractivity contribution in [1.82, 2.24) is 25.8 Å². The lowest BCUT2D eigenvalue weighted by molar-refractivity contribution is -0.134. The van der Waals surface area contributed by atoms with Crippen LogP contribution >= 0.6 is 0 Å². The van der Waals surface area contributed by atoms with Gasteiger partial charge in [-0.15, -0.1) is 0 Å². The molecule has 12 heteroatoms. The molecule has 12 nitrogen and oxygen atoms in total. The van der Waals surface area contributed by atoms with Crippen molar-refractivity contribution in [3.05, 3.63) is 35.5 Å². The molecule has 1 aromatic rings. The van der Waals surface area contributed by atoms with Crippen LogP contribution in [0.3, 0.4) is 0 Å². The molecule has 3 heterocycles. The van der Waals surface area contributed by atoms with Crippen molar-refractivity contribution in [2.75, 3.05) is 46.6 Å². The van der Waals surface area contributed by atoms with Crippen LogP contribution in [0.15, 0.2) is 30.0 Å². The summed E-state index contributed by atoms with van der Waals surface area (Å²) in [6.07, 6.45) is 7.09. The lowest BCUT2D eigenvalue weighted by atomic mass is 9.94. The van der Waals surface area contributed by atoms with Crippen LogP contribution in [0, 0.1) is 0 Å². The minimum absolute atomic E-state index is 0.125. The third-order valence-electron chi connectivity index (χ3n) is 7.65. The van der Waals surface area contributed by atoms with Gasteiger partial charge < -0.3 is 30.2 Å². The number of pyridine rings is 1. The van der Waals surface area contributed by atoms with Gasteiger partial charge in [0.2, 0.25) is 23.6 Å². The molecular formula is C29H41N5O7. The smallest absolute Gasteiger partial charge is 0.243 e. The predicted molar refractivity (Wildman–Crippen MR) is 149 cm³/mol. The van der Waals surface area contributed by atoms with Crippen molar-refractivity contribution < 1.29 is 33.4 Å². The van der Waals surface area contributed by atoms with Crippen molar-refractivity contribution in [2.45, 2.75) is 69.7 Å². The molecule has 1 aromatic heterocycles. The predicted octanol–water partition coefficient (Wildman–Crippen LogP) is 0.298. The molecule has 3 aliphatic rings. The number of Topliss-reactive ketones (excluding diaryl/α,β-unsaturated/α-hetero) is 1. The highest BCUT2D eigenvalue weighted by molar-refractivity contribution is 5.98. The second-order valence-corrected chi connectivity index (χ2v) is 11.1. The summed E-state index contributed by atoms with van der Waals surface area (Å²) in [5.74, 6) is -1.06. The summed E-state index contributed by atoms with van der Waals surface area (Å²) in [5, 5.41) is 8.39. The average Bonchev–Trinajstić information content (AvgIpc) is 3.51. The number of aromatic nitrogens is 1. The molecule has 224 valence electrons. The number of rotatable bonds is 14. The maximum absolute atomic E-state index is 13.7. The number of allylic oxidation sites excluding steroid dienone is 1. The van der Waals surface area contributed by atoms with Crippen molar-refractivity contribution in [3.8, 4) is 5.88 Å². The van der Waals surface area contributed by atoms with Gasteiger partial charge in [0.15, 0.2) is 5.78 Å². The zero-order valence-electron chi connectivity index (χ0n) is 24.1. The number of carbonyl (C=O) groups is 4. The molecule has 0 saturated carbocycles. The number of hydrogen-bond donors (Lipinski definition) is 3. The van der Waals surface area contributed by atoms with E-state index in [1.807, 2.05) is 4.90 Å². The number of epoxide rings is 1. The summed E-state index contributed by atoms with van der Waals surface area (Å²) in [6.45, 7) is 6.18. The van der Waals surface area contributed by atoms with E-state index in [1.54, 1.807) is 32.2 Å². The van der Waals surface area contributed by atoms with Crippen LogP contribution in [0.2, 0.25) is 0 Å². The van der Waals surface area contributed by atoms with E-state index in [0.29, 0.717) is 50.8 Å². The molecule has 0 spiro atoms. The molecule has 0 radical (unpaired) electrons. The zero-order chi connectivity index (χ0) is 29.4. The highest BCUT2D eigenvalue weighted by Crippen LogP contribution is 2.31. The Hall–Kier alpha value is -3.35. The quantitative estimate of drug-likeness (QED) is 0.211. The van der Waals surface area contributed by atoms with Crippen molar-refractivity contribution in [1.29, 1.82) is 0 Å². The first kappa shape index (κ1) is 30.6. The number of hydrogen-bond acceptors (Lipinski definition) is 9. The molecule has 4 rings (SSSR count). The van der Waals surface area contributed by atoms with Crippen LogP contribution in [0.5, 0.6) is 5.88 Å². The minimum Gasteiger partial charge on any atom is -0.481 e. The summed E-state index contributed by atoms with van der Waals surface area (Å²) < 4.78 is 15.8. The van der Waals surface area contributed by atoms with Crippen LogP contribution in [0.25, 0.3) is 0 Å². The molecular weight excluding hydrogens is 530 g/mol. The van der Waals surface area contributed by atoms with Crippen molar-refractivity contribution in [2.24, 2.45) is 0 Å². The summed E-state index contributed by atoms with van der Waals surface area (Å²) in [7, 11) is 1.51. The number of methoxy groups -OCH3 is 1. The number of ether oxygens (including phenoxy) is 3. The van der Waals surface area contributed by atoms with Gasteiger partial charge in [-0.25, -0.2) is 4.98 Å². The highest BCUT2D eigenvalue weighted by atomic mass is 16.6. The molecule has 41 heavy (non-hydrogen) atoms. The van der Waals surface area contributed by atoms with Gasteiger partial charge in [0.05, 0.1) is 39.5 Å². The number of nitrogens with one attached hydrogen (secondary N) is 3. The second-order valence-electron chi connectivity index (χ2n) is 11.1. The Balaban J connectivity index is 1.44. The normalized spacial score (nSPS) is 22.6. The van der Waals surface area contributed by atoms with Crippen LogP contribution in [-0.2, 0) is 35.1 Å². The number of ketones is 1. The molecule has 2 aliphatic heterocycles. The Morgan fingerprint density at radius 3 is 2.41 bits per heavy atom. The second kappa shape index (κ2) is 14.0. The molecule has 0 bridgehead atoms. The molecule has 2 fully saturated rings. The maximum Gasteiger partial charge on any atom is 0.243 e. The minimum atomic E-state index is -1.02. The van der Waals surface area contributed by atoms with E-state index in [9.17, 15) is 19.2 Å². The molecule has 4 atom stereocenters. The van der Waals surface area contributed by atoms with Gasteiger partial charge in [-0.3, -0.25) is 24.1 Å². The zero-order valence-corrected chi connectivity index (χ0v) is 24.1. The average molecular weight is 572 g/mol. The lowest BCUT2D eigenvalue weighted by Crippen LogP contribution is -2.57. The molecule has 3 amide bonds. The van der Waals surface area contributed by atoms with Crippen molar-refractivity contribution in [3.63, 3.8) is 0 Å². The SMILES string of the molecule is COc1ccc(C[C@H](NC(=O)[C@H](C)NC(=O)CN2CCOCC2)C(=O)N[C@@H](CC2=CCCC2)C(=O)[C@@]2(C)CO2)cn1. The largest absolute Gasteiger partial charge is 0.481 e. The topological polar surface area (TPSA) is 151 Å². The summed E-state index contributed by atoms with van der Waals surface area (Å²) >= 11 is 0. The molecule has 0 aromatic carbocycles. The van der Waals surface area contributed by atoms with E-state index in [-0.39, 0.29) is 24.7 Å². The van der Waals surface area contributed by atoms with Gasteiger partial charge >= 0.3 is 0 Å². The van der Waals surface area contributed by atoms with E-state index >= 15 is 0 Å². The Morgan fingerprint density at radius 2 is 1.80 bits per heavy atom. The van der Waals surface area contributed by atoms with Gasteiger partial charge in [-0.2, -0.15) is 0 Å². The Morgan fingerprint density at radius 1 is 1.07 bits per heavy atom. The standard InChI is InChI=1S/C29H41N5O7/c1-19(31-24(35)17-34-10-12-40-13-11-34)27(37)33-23(15-21-8-9-25(39-3)30-16-21)28(38)32-22(14-20-6-4-5-7-20)26(36)29(2)18-41-29/h6,8-9,16,19,22-23H,4-5,7,10-15,17-18H2,1-3H3,(H,31,35)(H,32,38)(H,33,37)/t19-,22-,23-,29+/m0/s1. The molecule has 1 aliphatic carbocycles. The van der Waals surface area contributed by atoms with Gasteiger partial charge in [-0.05, 0) is 45.1 Å². The van der Waals surface area contributed by atoms with Crippen LogP contribution in [-0.4, -0.2) is 104 Å². The number of carbonyl (C=O) groups excluding carboxylic acids is 4. The number of morpholine rings is 1. The monoisotopic (exact) mass is 571 g/mol. The fourth-order valence-corrected chi connectivity index (χ4v) is 4.99. The van der Waals surface area contributed by atoms with Crippen molar-refractivity contribution >= 4 is 23.5 Å². The Kier molecular flexibility index (Phi) is 10.5. The maximum atomic E-state index is 13.7. The lowest BCUT2D eigenvalue weighted by Gasteiger charge is -2.27. The van der Waals surface area contributed by atoms with Crippen LogP contribution in [0.4, 0.5) is 0 Å². The third kappa shape index (κ3) is 8.82. The third-order valence-corrected chi connectivity index (χ3v) is 7.65. The first-order valence-corrected chi connectivity index (χ1v) is 14.2. The summed E-state index contributed by atoms with van der Waals surface area (Å²) in [4.78, 5) is 58.8. The van der Waals surface area contributed by atoms with E-state index in [2.05, 4.69) is 27.0 Å². The Bertz CT molecular complexity index is 1130. The summed E-state index contributed by atoms with van der Waals surface area (Å²) in [5.41, 5.74) is 0.910. The first-order valence-electron chi connectivity index (χ1n) is 14.2. The Labute approximate surface area is 240 Å². The summed E-state index contributed by atoms with van der Waals surface area (Å²) in [6, 6.07) is 0.755. The fraction of sp³-hybridized carbons (Fsp3) is 0.621. The van der Waals surface area contributed by atoms with Gasteiger partial charge in [0.25, 0.3) is 0 Å². The van der Waals surface area contributed by atoms with E-state index in [0.717, 1.165) is 24.8 Å². The first-order chi connectivity index (χ1) is 19.7. The van der Waals surface area contributed by atoms with E-state index < -0.39 is 35.5 Å². The highest BCUT2D eigenvalue weighted by Gasteiger charge is 2.50. The van der Waals surface area contributed by atoms with Gasteiger partial charge in [-0.1, -0.05) is 17.7 Å². The van der Waals surface area contributed by atoms with Crippen LogP contribution < -0.4 is 20.7 Å². The molecule has 2 saturated heterocycles. The van der Waals surface area contributed by atoms with E-state index in [1.165, 1.54) is 7.11 Å². The molecule has 0 unspecified atom stereocenters.